The number of hydrogen-bond acceptors (Lipinski definition) is 5. The van der Waals surface area contributed by atoms with Crippen molar-refractivity contribution in [2.24, 2.45) is 5.84 Å². The van der Waals surface area contributed by atoms with E-state index in [0.29, 0.717) is 6.41 Å². The summed E-state index contributed by atoms with van der Waals surface area (Å²) >= 11 is 5.25. The number of carbonyl (C=O) groups is 1. The first-order chi connectivity index (χ1) is 10.1. The predicted octanol–water partition coefficient (Wildman–Crippen LogP) is 3.03. The Kier molecular flexibility index (Phi) is 7.66. The summed E-state index contributed by atoms with van der Waals surface area (Å²) in [6.45, 7) is 2.06. The van der Waals surface area contributed by atoms with Gasteiger partial charge in [0.2, 0.25) is 6.41 Å². The number of nitrogens with zero attached hydrogens (tertiary/aromatic N) is 1. The zero-order chi connectivity index (χ0) is 15.7. The summed E-state index contributed by atoms with van der Waals surface area (Å²) in [5.74, 6) is 4.41. The maximum atomic E-state index is 8.94. The fraction of sp³-hybridized carbons (Fsp3) is 0.143. The van der Waals surface area contributed by atoms with Crippen molar-refractivity contribution in [3.05, 3.63) is 44.3 Å². The normalized spacial score (nSPS) is 9.90. The van der Waals surface area contributed by atoms with Crippen LogP contribution >= 0.6 is 27.3 Å². The molecule has 1 aromatic carbocycles. The fourth-order valence-corrected chi connectivity index (χ4v) is 2.70. The number of aryl methyl sites for hydroxylation is 1. The molecule has 2 rings (SSSR count). The van der Waals surface area contributed by atoms with E-state index in [0.717, 1.165) is 20.7 Å². The minimum Gasteiger partial charge on any atom is -0.388 e. The van der Waals surface area contributed by atoms with Crippen LogP contribution in [0.25, 0.3) is 12.2 Å². The lowest BCUT2D eigenvalue weighted by atomic mass is 10.1. The van der Waals surface area contributed by atoms with E-state index < -0.39 is 0 Å². The number of hydrazine groups is 1. The molecule has 1 amide bonds. The Hall–Kier alpha value is -1.70. The zero-order valence-corrected chi connectivity index (χ0v) is 14.2. The van der Waals surface area contributed by atoms with Gasteiger partial charge in [-0.3, -0.25) is 10.2 Å². The molecule has 5 nitrogen and oxygen atoms in total. The molecule has 0 atom stereocenters. The van der Waals surface area contributed by atoms with Gasteiger partial charge < -0.3 is 5.32 Å². The molecule has 4 N–H and O–H groups in total. The molecule has 0 fully saturated rings. The van der Waals surface area contributed by atoms with E-state index in [2.05, 4.69) is 51.1 Å². The molecule has 0 aliphatic rings. The molecule has 0 bridgehead atoms. The average Bonchev–Trinajstić information content (AvgIpc) is 2.91. The van der Waals surface area contributed by atoms with Gasteiger partial charge in [0.15, 0.2) is 0 Å². The van der Waals surface area contributed by atoms with Gasteiger partial charge in [-0.2, -0.15) is 0 Å². The van der Waals surface area contributed by atoms with E-state index in [4.69, 9.17) is 4.79 Å². The van der Waals surface area contributed by atoms with Crippen LogP contribution in [0, 0.1) is 6.92 Å². The number of aromatic nitrogens is 1. The lowest BCUT2D eigenvalue weighted by Crippen LogP contribution is -2.18. The average molecular weight is 369 g/mol. The van der Waals surface area contributed by atoms with Crippen LogP contribution in [0.1, 0.15) is 15.4 Å². The maximum absolute atomic E-state index is 8.94. The second kappa shape index (κ2) is 9.28. The highest BCUT2D eigenvalue weighted by atomic mass is 79.9. The van der Waals surface area contributed by atoms with Crippen LogP contribution in [-0.2, 0) is 4.79 Å². The van der Waals surface area contributed by atoms with Crippen LogP contribution in [-0.4, -0.2) is 18.4 Å². The van der Waals surface area contributed by atoms with Gasteiger partial charge in [0.25, 0.3) is 0 Å². The minimum absolute atomic E-state index is 0.403. The zero-order valence-electron chi connectivity index (χ0n) is 11.8. The SMILES string of the molecule is CNc1cccc(Br)c1/C=C/c1ncc(C)s1.NNC=O. The van der Waals surface area contributed by atoms with Gasteiger partial charge in [-0.1, -0.05) is 22.0 Å². The van der Waals surface area contributed by atoms with Gasteiger partial charge in [-0.05, 0) is 31.2 Å². The molecular formula is C14H17BrN4OS. The van der Waals surface area contributed by atoms with Gasteiger partial charge in [-0.25, -0.2) is 10.8 Å². The number of carbonyl (C=O) groups excluding carboxylic acids is 1. The number of halogens is 1. The summed E-state index contributed by atoms with van der Waals surface area (Å²) in [4.78, 5) is 14.5. The smallest absolute Gasteiger partial charge is 0.221 e. The Morgan fingerprint density at radius 2 is 2.10 bits per heavy atom. The maximum Gasteiger partial charge on any atom is 0.221 e. The molecule has 21 heavy (non-hydrogen) atoms. The molecule has 0 radical (unpaired) electrons. The molecule has 0 aliphatic heterocycles. The first-order valence-electron chi connectivity index (χ1n) is 6.09. The van der Waals surface area contributed by atoms with Gasteiger partial charge in [0, 0.05) is 33.8 Å². The van der Waals surface area contributed by atoms with E-state index in [1.165, 1.54) is 4.88 Å². The van der Waals surface area contributed by atoms with Crippen LogP contribution in [0.2, 0.25) is 0 Å². The number of hydrogen-bond donors (Lipinski definition) is 3. The van der Waals surface area contributed by atoms with Crippen molar-refractivity contribution in [2.75, 3.05) is 12.4 Å². The number of benzene rings is 1. The Bertz CT molecular complexity index is 613. The van der Waals surface area contributed by atoms with Crippen molar-refractivity contribution in [1.29, 1.82) is 0 Å². The second-order valence-electron chi connectivity index (χ2n) is 3.88. The Labute approximate surface area is 136 Å². The molecule has 2 aromatic rings. The van der Waals surface area contributed by atoms with E-state index in [1.54, 1.807) is 16.8 Å². The molecule has 1 aromatic heterocycles. The van der Waals surface area contributed by atoms with E-state index in [1.807, 2.05) is 31.5 Å². The Morgan fingerprint density at radius 1 is 1.38 bits per heavy atom. The Morgan fingerprint density at radius 3 is 2.62 bits per heavy atom. The summed E-state index contributed by atoms with van der Waals surface area (Å²) in [7, 11) is 1.92. The summed E-state index contributed by atoms with van der Waals surface area (Å²) in [6.07, 6.45) is 6.41. The molecule has 7 heteroatoms. The van der Waals surface area contributed by atoms with Crippen LogP contribution in [0.4, 0.5) is 5.69 Å². The standard InChI is InChI=1S/C13H13BrN2S.CH4N2O/c1-9-8-16-13(17-9)7-6-10-11(14)4-3-5-12(10)15-2;2-3-1-4/h3-8,15H,1-2H3;1H,2H2,(H,3,4)/b7-6+;. The number of nitrogens with two attached hydrogens (primary N) is 1. The third-order valence-electron chi connectivity index (χ3n) is 2.42. The number of anilines is 1. The number of amides is 1. The minimum atomic E-state index is 0.403. The summed E-state index contributed by atoms with van der Waals surface area (Å²) < 4.78 is 1.08. The van der Waals surface area contributed by atoms with Gasteiger partial charge >= 0.3 is 0 Å². The van der Waals surface area contributed by atoms with Crippen molar-refractivity contribution in [3.8, 4) is 0 Å². The number of rotatable bonds is 4. The highest BCUT2D eigenvalue weighted by Crippen LogP contribution is 2.27. The van der Waals surface area contributed by atoms with Crippen molar-refractivity contribution in [2.45, 2.75) is 6.92 Å². The summed E-state index contributed by atoms with van der Waals surface area (Å²) in [5.41, 5.74) is 3.99. The molecule has 0 aliphatic carbocycles. The van der Waals surface area contributed by atoms with Crippen LogP contribution in [0.5, 0.6) is 0 Å². The van der Waals surface area contributed by atoms with E-state index in [-0.39, 0.29) is 0 Å². The quantitative estimate of drug-likeness (QED) is 0.335. The number of nitrogens with one attached hydrogen (secondary N) is 2. The van der Waals surface area contributed by atoms with Crippen molar-refractivity contribution in [3.63, 3.8) is 0 Å². The topological polar surface area (TPSA) is 80.0 Å². The highest BCUT2D eigenvalue weighted by Gasteiger charge is 2.02. The lowest BCUT2D eigenvalue weighted by molar-refractivity contribution is -0.109. The van der Waals surface area contributed by atoms with Crippen molar-refractivity contribution in [1.82, 2.24) is 10.4 Å². The third-order valence-corrected chi connectivity index (χ3v) is 3.99. The van der Waals surface area contributed by atoms with Gasteiger partial charge in [-0.15, -0.1) is 11.3 Å². The molecule has 1 heterocycles. The highest BCUT2D eigenvalue weighted by molar-refractivity contribution is 9.10. The first-order valence-corrected chi connectivity index (χ1v) is 7.69. The van der Waals surface area contributed by atoms with E-state index in [9.17, 15) is 0 Å². The molecule has 0 saturated carbocycles. The van der Waals surface area contributed by atoms with Crippen LogP contribution in [0.3, 0.4) is 0 Å². The third kappa shape index (κ3) is 5.66. The van der Waals surface area contributed by atoms with Crippen LogP contribution < -0.4 is 16.6 Å². The summed E-state index contributed by atoms with van der Waals surface area (Å²) in [6, 6.07) is 6.10. The monoisotopic (exact) mass is 368 g/mol. The van der Waals surface area contributed by atoms with Crippen molar-refractivity contribution < 1.29 is 4.79 Å². The molecule has 0 unspecified atom stereocenters. The fourth-order valence-electron chi connectivity index (χ4n) is 1.53. The first kappa shape index (κ1) is 17.4. The van der Waals surface area contributed by atoms with Crippen LogP contribution in [0.15, 0.2) is 28.9 Å². The van der Waals surface area contributed by atoms with Crippen molar-refractivity contribution >= 4 is 51.5 Å². The molecule has 112 valence electrons. The van der Waals surface area contributed by atoms with Gasteiger partial charge in [0.05, 0.1) is 0 Å². The predicted molar refractivity (Wildman–Crippen MR) is 92.9 cm³/mol. The summed E-state index contributed by atoms with van der Waals surface area (Å²) in [5, 5.41) is 4.21. The molecule has 0 saturated heterocycles. The Balaban J connectivity index is 0.000000491. The second-order valence-corrected chi connectivity index (χ2v) is 6.00. The number of thiazole rings is 1. The van der Waals surface area contributed by atoms with E-state index >= 15 is 0 Å². The lowest BCUT2D eigenvalue weighted by Gasteiger charge is -2.06. The molecule has 0 spiro atoms. The largest absolute Gasteiger partial charge is 0.388 e. The van der Waals surface area contributed by atoms with Gasteiger partial charge in [0.1, 0.15) is 5.01 Å². The molecular weight excluding hydrogens is 352 g/mol.